The molecule has 1 fully saturated rings. The van der Waals surface area contributed by atoms with E-state index in [1.54, 1.807) is 0 Å². The molecule has 1 aromatic rings. The normalized spacial score (nSPS) is 18.6. The van der Waals surface area contributed by atoms with Gasteiger partial charge in [0.1, 0.15) is 0 Å². The minimum atomic E-state index is 0. The van der Waals surface area contributed by atoms with E-state index in [4.69, 9.17) is 9.47 Å². The first-order valence-electron chi connectivity index (χ1n) is 9.66. The van der Waals surface area contributed by atoms with Gasteiger partial charge in [-0.25, -0.2) is 0 Å². The van der Waals surface area contributed by atoms with Crippen molar-refractivity contribution in [3.05, 3.63) is 23.8 Å². The van der Waals surface area contributed by atoms with Gasteiger partial charge in [0.05, 0.1) is 19.3 Å². The Labute approximate surface area is 181 Å². The standard InChI is InChI=1S/C20H34N4O2.HI/c1-6-25-18-11-10-16(13-19(18)26-7-2)15(3)23-20(21-4)22-14-17-9-8-12-24(17)5;/h10-11,13,15,17H,6-9,12,14H2,1-5H3,(H2,21,22,23);1H. The average molecular weight is 490 g/mol. The van der Waals surface area contributed by atoms with Crippen LogP contribution in [0.25, 0.3) is 0 Å². The number of hydrogen-bond acceptors (Lipinski definition) is 4. The number of nitrogens with zero attached hydrogens (tertiary/aromatic N) is 2. The van der Waals surface area contributed by atoms with Crippen molar-refractivity contribution < 1.29 is 9.47 Å². The number of likely N-dealkylation sites (tertiary alicyclic amines) is 1. The van der Waals surface area contributed by atoms with E-state index in [9.17, 15) is 0 Å². The zero-order valence-electron chi connectivity index (χ0n) is 17.2. The Morgan fingerprint density at radius 1 is 1.26 bits per heavy atom. The van der Waals surface area contributed by atoms with Crippen molar-refractivity contribution in [1.29, 1.82) is 0 Å². The van der Waals surface area contributed by atoms with E-state index in [-0.39, 0.29) is 30.0 Å². The molecule has 1 aliphatic rings. The van der Waals surface area contributed by atoms with E-state index < -0.39 is 0 Å². The highest BCUT2D eigenvalue weighted by atomic mass is 127. The van der Waals surface area contributed by atoms with Crippen LogP contribution in [0.2, 0.25) is 0 Å². The molecule has 6 nitrogen and oxygen atoms in total. The molecular formula is C20H35IN4O2. The van der Waals surface area contributed by atoms with Crippen molar-refractivity contribution in [3.63, 3.8) is 0 Å². The van der Waals surface area contributed by atoms with Gasteiger partial charge in [-0.15, -0.1) is 24.0 Å². The van der Waals surface area contributed by atoms with E-state index >= 15 is 0 Å². The van der Waals surface area contributed by atoms with Gasteiger partial charge in [0.2, 0.25) is 0 Å². The third-order valence-electron chi connectivity index (χ3n) is 4.82. The second-order valence-electron chi connectivity index (χ2n) is 6.67. The van der Waals surface area contributed by atoms with Crippen LogP contribution < -0.4 is 20.1 Å². The molecule has 0 spiro atoms. The summed E-state index contributed by atoms with van der Waals surface area (Å²) < 4.78 is 11.4. The Bertz CT molecular complexity index is 597. The van der Waals surface area contributed by atoms with Crippen LogP contribution >= 0.6 is 24.0 Å². The Morgan fingerprint density at radius 3 is 2.56 bits per heavy atom. The van der Waals surface area contributed by atoms with E-state index in [1.807, 2.05) is 33.0 Å². The summed E-state index contributed by atoms with van der Waals surface area (Å²) >= 11 is 0. The van der Waals surface area contributed by atoms with Crippen molar-refractivity contribution in [2.24, 2.45) is 4.99 Å². The molecule has 0 amide bonds. The lowest BCUT2D eigenvalue weighted by atomic mass is 10.1. The first-order valence-corrected chi connectivity index (χ1v) is 9.66. The monoisotopic (exact) mass is 490 g/mol. The van der Waals surface area contributed by atoms with Gasteiger partial charge < -0.3 is 25.0 Å². The molecule has 2 rings (SSSR count). The summed E-state index contributed by atoms with van der Waals surface area (Å²) in [7, 11) is 4.00. The van der Waals surface area contributed by atoms with Gasteiger partial charge in [-0.3, -0.25) is 4.99 Å². The fourth-order valence-electron chi connectivity index (χ4n) is 3.27. The molecule has 0 radical (unpaired) electrons. The topological polar surface area (TPSA) is 58.1 Å². The molecule has 0 aliphatic carbocycles. The fourth-order valence-corrected chi connectivity index (χ4v) is 3.27. The first-order chi connectivity index (χ1) is 12.6. The summed E-state index contributed by atoms with van der Waals surface area (Å²) in [6, 6.07) is 6.79. The number of halogens is 1. The number of aliphatic imine (C=N–C) groups is 1. The second kappa shape index (κ2) is 12.3. The molecule has 0 bridgehead atoms. The predicted molar refractivity (Wildman–Crippen MR) is 123 cm³/mol. The highest BCUT2D eigenvalue weighted by Crippen LogP contribution is 2.30. The number of rotatable bonds is 8. The highest BCUT2D eigenvalue weighted by Gasteiger charge is 2.21. The average Bonchev–Trinajstić information content (AvgIpc) is 3.05. The summed E-state index contributed by atoms with van der Waals surface area (Å²) in [5.74, 6) is 2.40. The number of nitrogens with one attached hydrogen (secondary N) is 2. The minimum Gasteiger partial charge on any atom is -0.490 e. The minimum absolute atomic E-state index is 0. The second-order valence-corrected chi connectivity index (χ2v) is 6.67. The smallest absolute Gasteiger partial charge is 0.191 e. The summed E-state index contributed by atoms with van der Waals surface area (Å²) in [5, 5.41) is 6.92. The molecular weight excluding hydrogens is 455 g/mol. The Hall–Kier alpha value is -1.22. The van der Waals surface area contributed by atoms with E-state index in [2.05, 4.69) is 40.6 Å². The Kier molecular flexibility index (Phi) is 10.8. The summed E-state index contributed by atoms with van der Waals surface area (Å²) in [6.45, 7) is 9.42. The third-order valence-corrected chi connectivity index (χ3v) is 4.82. The van der Waals surface area contributed by atoms with Crippen molar-refractivity contribution in [3.8, 4) is 11.5 Å². The molecule has 0 aromatic heterocycles. The lowest BCUT2D eigenvalue weighted by molar-refractivity contribution is 0.287. The number of likely N-dealkylation sites (N-methyl/N-ethyl adjacent to an activating group) is 1. The molecule has 2 unspecified atom stereocenters. The van der Waals surface area contributed by atoms with Crippen molar-refractivity contribution in [2.45, 2.75) is 45.7 Å². The zero-order valence-corrected chi connectivity index (χ0v) is 19.6. The summed E-state index contributed by atoms with van der Waals surface area (Å²) in [5.41, 5.74) is 1.14. The molecule has 1 saturated heterocycles. The molecule has 1 aliphatic heterocycles. The lowest BCUT2D eigenvalue weighted by Gasteiger charge is -2.23. The van der Waals surface area contributed by atoms with Crippen LogP contribution in [0.5, 0.6) is 11.5 Å². The lowest BCUT2D eigenvalue weighted by Crippen LogP contribution is -2.44. The molecule has 154 valence electrons. The molecule has 7 heteroatoms. The van der Waals surface area contributed by atoms with Crippen molar-refractivity contribution >= 4 is 29.9 Å². The van der Waals surface area contributed by atoms with Crippen LogP contribution in [0.15, 0.2) is 23.2 Å². The predicted octanol–water partition coefficient (Wildman–Crippen LogP) is 3.42. The molecule has 1 aromatic carbocycles. The highest BCUT2D eigenvalue weighted by molar-refractivity contribution is 14.0. The van der Waals surface area contributed by atoms with E-state index in [1.165, 1.54) is 19.4 Å². The molecule has 27 heavy (non-hydrogen) atoms. The summed E-state index contributed by atoms with van der Waals surface area (Å²) in [4.78, 5) is 6.77. The van der Waals surface area contributed by atoms with Crippen molar-refractivity contribution in [2.75, 3.05) is 40.4 Å². The summed E-state index contributed by atoms with van der Waals surface area (Å²) in [6.07, 6.45) is 2.52. The van der Waals surface area contributed by atoms with Crippen LogP contribution in [0.3, 0.4) is 0 Å². The van der Waals surface area contributed by atoms with Crippen LogP contribution in [0.4, 0.5) is 0 Å². The first kappa shape index (κ1) is 23.8. The Balaban J connectivity index is 0.00000364. The van der Waals surface area contributed by atoms with E-state index in [0.717, 1.165) is 29.6 Å². The molecule has 1 heterocycles. The van der Waals surface area contributed by atoms with E-state index in [0.29, 0.717) is 19.3 Å². The van der Waals surface area contributed by atoms with Crippen molar-refractivity contribution in [1.82, 2.24) is 15.5 Å². The van der Waals surface area contributed by atoms with Gasteiger partial charge in [0.25, 0.3) is 0 Å². The third kappa shape index (κ3) is 7.03. The largest absolute Gasteiger partial charge is 0.490 e. The van der Waals surface area contributed by atoms with Crippen LogP contribution in [0.1, 0.15) is 45.2 Å². The van der Waals surface area contributed by atoms with Gasteiger partial charge >= 0.3 is 0 Å². The van der Waals surface area contributed by atoms with Gasteiger partial charge in [0, 0.05) is 19.6 Å². The maximum absolute atomic E-state index is 5.73. The SMILES string of the molecule is CCOc1ccc(C(C)NC(=NC)NCC2CCCN2C)cc1OCC.I. The maximum Gasteiger partial charge on any atom is 0.191 e. The number of hydrogen-bond donors (Lipinski definition) is 2. The molecule has 0 saturated carbocycles. The van der Waals surface area contributed by atoms with Gasteiger partial charge in [-0.1, -0.05) is 6.07 Å². The molecule has 2 N–H and O–H groups in total. The zero-order chi connectivity index (χ0) is 18.9. The number of guanidine groups is 1. The van der Waals surface area contributed by atoms with Crippen LogP contribution in [-0.4, -0.2) is 57.3 Å². The Morgan fingerprint density at radius 2 is 1.96 bits per heavy atom. The number of ether oxygens (including phenoxy) is 2. The number of benzene rings is 1. The quantitative estimate of drug-likeness (QED) is 0.332. The molecule has 2 atom stereocenters. The van der Waals surface area contributed by atoms with Gasteiger partial charge in [0.15, 0.2) is 17.5 Å². The van der Waals surface area contributed by atoms with Gasteiger partial charge in [-0.05, 0) is 64.9 Å². The van der Waals surface area contributed by atoms with Crippen LogP contribution in [0, 0.1) is 0 Å². The van der Waals surface area contributed by atoms with Gasteiger partial charge in [-0.2, -0.15) is 0 Å². The maximum atomic E-state index is 5.73. The van der Waals surface area contributed by atoms with Crippen LogP contribution in [-0.2, 0) is 0 Å². The fraction of sp³-hybridized carbons (Fsp3) is 0.650.